The summed E-state index contributed by atoms with van der Waals surface area (Å²) < 4.78 is 0. The maximum absolute atomic E-state index is 12.4. The number of nitrogens with zero attached hydrogens (tertiary/aromatic N) is 1. The Bertz CT molecular complexity index is 709. The maximum Gasteiger partial charge on any atom is 0.243 e. The number of carbonyl (C=O) groups excluding carboxylic acids is 1. The third kappa shape index (κ3) is 4.79. The Morgan fingerprint density at radius 3 is 2.40 bits per heavy atom. The van der Waals surface area contributed by atoms with Crippen molar-refractivity contribution in [2.75, 3.05) is 0 Å². The van der Waals surface area contributed by atoms with Gasteiger partial charge in [0.2, 0.25) is 5.91 Å². The number of carbonyl (C=O) groups is 1. The number of unbranched alkanes of at least 4 members (excludes halogenated alkanes) is 2. The van der Waals surface area contributed by atoms with Crippen LogP contribution in [0.1, 0.15) is 56.1 Å². The third-order valence-corrected chi connectivity index (χ3v) is 4.78. The van der Waals surface area contributed by atoms with Gasteiger partial charge < -0.3 is 0 Å². The average Bonchev–Trinajstić information content (AvgIpc) is 3.47. The second-order valence-corrected chi connectivity index (χ2v) is 6.72. The Morgan fingerprint density at radius 1 is 1.04 bits per heavy atom. The van der Waals surface area contributed by atoms with Crippen molar-refractivity contribution >= 4 is 11.6 Å². The highest BCUT2D eigenvalue weighted by Crippen LogP contribution is 2.47. The van der Waals surface area contributed by atoms with Gasteiger partial charge in [0.1, 0.15) is 0 Å². The lowest BCUT2D eigenvalue weighted by Crippen LogP contribution is -2.22. The molecule has 0 aliphatic heterocycles. The van der Waals surface area contributed by atoms with Gasteiger partial charge in [-0.05, 0) is 36.3 Å². The molecule has 1 saturated carbocycles. The standard InChI is InChI=1S/C22H26N2O/c1-2-3-6-15-21(18-13-9-5-10-14-18)23-24-22(25)20-16-19(20)17-11-7-4-8-12-17/h4-5,7-14,19-20H,2-3,6,15-16H2,1H3,(H,24,25)/b23-21-/t19-,20-/m0/s1. The van der Waals surface area contributed by atoms with Crippen LogP contribution in [-0.4, -0.2) is 11.6 Å². The van der Waals surface area contributed by atoms with E-state index >= 15 is 0 Å². The van der Waals surface area contributed by atoms with E-state index in [1.54, 1.807) is 0 Å². The SMILES string of the molecule is CCCCC/C(=N/NC(=O)[C@H]1C[C@H]1c1ccccc1)c1ccccc1. The summed E-state index contributed by atoms with van der Waals surface area (Å²) in [5, 5.41) is 4.47. The molecule has 1 fully saturated rings. The molecule has 0 spiro atoms. The second kappa shape index (κ2) is 8.61. The van der Waals surface area contributed by atoms with E-state index in [1.807, 2.05) is 36.4 Å². The first-order chi connectivity index (χ1) is 12.3. The smallest absolute Gasteiger partial charge is 0.243 e. The minimum Gasteiger partial charge on any atom is -0.273 e. The highest BCUT2D eigenvalue weighted by atomic mass is 16.2. The van der Waals surface area contributed by atoms with Crippen LogP contribution in [0.3, 0.4) is 0 Å². The summed E-state index contributed by atoms with van der Waals surface area (Å²) in [6.07, 6.45) is 5.26. The van der Waals surface area contributed by atoms with Gasteiger partial charge in [0.05, 0.1) is 5.71 Å². The van der Waals surface area contributed by atoms with Crippen LogP contribution in [0.25, 0.3) is 0 Å². The van der Waals surface area contributed by atoms with Crippen LogP contribution in [0.2, 0.25) is 0 Å². The molecule has 2 aromatic carbocycles. The van der Waals surface area contributed by atoms with E-state index in [2.05, 4.69) is 41.7 Å². The molecular formula is C22H26N2O. The number of benzene rings is 2. The van der Waals surface area contributed by atoms with Gasteiger partial charge in [0, 0.05) is 5.92 Å². The second-order valence-electron chi connectivity index (χ2n) is 6.72. The van der Waals surface area contributed by atoms with Crippen molar-refractivity contribution in [1.82, 2.24) is 5.43 Å². The van der Waals surface area contributed by atoms with Crippen molar-refractivity contribution in [2.45, 2.75) is 44.9 Å². The molecule has 2 aromatic rings. The first kappa shape index (κ1) is 17.4. The Labute approximate surface area is 150 Å². The fraction of sp³-hybridized carbons (Fsp3) is 0.364. The quantitative estimate of drug-likeness (QED) is 0.417. The molecular weight excluding hydrogens is 308 g/mol. The number of hydrogen-bond donors (Lipinski definition) is 1. The molecule has 0 saturated heterocycles. The maximum atomic E-state index is 12.4. The van der Waals surface area contributed by atoms with Crippen molar-refractivity contribution < 1.29 is 4.79 Å². The highest BCUT2D eigenvalue weighted by molar-refractivity contribution is 6.01. The topological polar surface area (TPSA) is 41.5 Å². The summed E-state index contributed by atoms with van der Waals surface area (Å²) in [6, 6.07) is 20.4. The Kier molecular flexibility index (Phi) is 5.99. The zero-order valence-electron chi connectivity index (χ0n) is 14.8. The molecule has 1 aliphatic carbocycles. The van der Waals surface area contributed by atoms with Crippen molar-refractivity contribution in [3.63, 3.8) is 0 Å². The van der Waals surface area contributed by atoms with E-state index in [4.69, 9.17) is 0 Å². The number of nitrogens with one attached hydrogen (secondary N) is 1. The van der Waals surface area contributed by atoms with Crippen LogP contribution in [0, 0.1) is 5.92 Å². The molecule has 3 rings (SSSR count). The summed E-state index contributed by atoms with van der Waals surface area (Å²) in [5.74, 6) is 0.438. The molecule has 1 N–H and O–H groups in total. The number of rotatable bonds is 8. The third-order valence-electron chi connectivity index (χ3n) is 4.78. The van der Waals surface area contributed by atoms with E-state index in [0.717, 1.165) is 30.5 Å². The van der Waals surface area contributed by atoms with Crippen LogP contribution in [0.4, 0.5) is 0 Å². The monoisotopic (exact) mass is 334 g/mol. The molecule has 0 radical (unpaired) electrons. The molecule has 3 heteroatoms. The van der Waals surface area contributed by atoms with Crippen molar-refractivity contribution in [3.05, 3.63) is 71.8 Å². The summed E-state index contributed by atoms with van der Waals surface area (Å²) in [4.78, 5) is 12.4. The Morgan fingerprint density at radius 2 is 1.72 bits per heavy atom. The summed E-state index contributed by atoms with van der Waals surface area (Å²) >= 11 is 0. The van der Waals surface area contributed by atoms with Crippen molar-refractivity contribution in [3.8, 4) is 0 Å². The van der Waals surface area contributed by atoms with Gasteiger partial charge in [-0.15, -0.1) is 0 Å². The predicted molar refractivity (Wildman–Crippen MR) is 103 cm³/mol. The van der Waals surface area contributed by atoms with Gasteiger partial charge in [-0.2, -0.15) is 5.10 Å². The van der Waals surface area contributed by atoms with Crippen LogP contribution in [0.15, 0.2) is 65.8 Å². The predicted octanol–water partition coefficient (Wildman–Crippen LogP) is 4.89. The zero-order valence-corrected chi connectivity index (χ0v) is 14.8. The molecule has 130 valence electrons. The first-order valence-electron chi connectivity index (χ1n) is 9.26. The molecule has 2 atom stereocenters. The lowest BCUT2D eigenvalue weighted by molar-refractivity contribution is -0.122. The minimum absolute atomic E-state index is 0.0396. The van der Waals surface area contributed by atoms with Crippen LogP contribution < -0.4 is 5.43 Å². The largest absolute Gasteiger partial charge is 0.273 e. The van der Waals surface area contributed by atoms with Gasteiger partial charge in [0.15, 0.2) is 0 Å². The van der Waals surface area contributed by atoms with E-state index in [1.165, 1.54) is 18.4 Å². The summed E-state index contributed by atoms with van der Waals surface area (Å²) in [7, 11) is 0. The fourth-order valence-electron chi connectivity index (χ4n) is 3.20. The lowest BCUT2D eigenvalue weighted by Gasteiger charge is -2.07. The minimum atomic E-state index is 0.0396. The zero-order chi connectivity index (χ0) is 17.5. The molecule has 3 nitrogen and oxygen atoms in total. The summed E-state index contributed by atoms with van der Waals surface area (Å²) in [5.41, 5.74) is 6.13. The van der Waals surface area contributed by atoms with Crippen molar-refractivity contribution in [2.24, 2.45) is 11.0 Å². The average molecular weight is 334 g/mol. The van der Waals surface area contributed by atoms with Crippen molar-refractivity contribution in [1.29, 1.82) is 0 Å². The van der Waals surface area contributed by atoms with Gasteiger partial charge in [-0.1, -0.05) is 80.4 Å². The highest BCUT2D eigenvalue weighted by Gasteiger charge is 2.43. The molecule has 0 unspecified atom stereocenters. The van der Waals surface area contributed by atoms with E-state index < -0.39 is 0 Å². The van der Waals surface area contributed by atoms with Crippen LogP contribution in [0.5, 0.6) is 0 Å². The molecule has 1 aliphatic rings. The molecule has 1 amide bonds. The van der Waals surface area contributed by atoms with E-state index in [0.29, 0.717) is 5.92 Å². The normalized spacial score (nSPS) is 19.5. The van der Waals surface area contributed by atoms with Gasteiger partial charge in [-0.3, -0.25) is 4.79 Å². The first-order valence-corrected chi connectivity index (χ1v) is 9.26. The molecule has 25 heavy (non-hydrogen) atoms. The van der Waals surface area contributed by atoms with Crippen LogP contribution >= 0.6 is 0 Å². The fourth-order valence-corrected chi connectivity index (χ4v) is 3.20. The van der Waals surface area contributed by atoms with Crippen LogP contribution in [-0.2, 0) is 4.79 Å². The van der Waals surface area contributed by atoms with E-state index in [9.17, 15) is 4.79 Å². The Hall–Kier alpha value is -2.42. The molecule has 0 aromatic heterocycles. The lowest BCUT2D eigenvalue weighted by atomic mass is 10.0. The van der Waals surface area contributed by atoms with Gasteiger partial charge in [0.25, 0.3) is 0 Å². The van der Waals surface area contributed by atoms with Gasteiger partial charge >= 0.3 is 0 Å². The number of hydrazone groups is 1. The Balaban J connectivity index is 1.62. The molecule has 0 heterocycles. The van der Waals surface area contributed by atoms with E-state index in [-0.39, 0.29) is 11.8 Å². The number of hydrogen-bond acceptors (Lipinski definition) is 2. The molecule has 0 bridgehead atoms. The summed E-state index contributed by atoms with van der Waals surface area (Å²) in [6.45, 7) is 2.19. The van der Waals surface area contributed by atoms with Gasteiger partial charge in [-0.25, -0.2) is 5.43 Å². The number of amides is 1.